The quantitative estimate of drug-likeness (QED) is 0.812. The zero-order valence-corrected chi connectivity index (χ0v) is 14.4. The summed E-state index contributed by atoms with van der Waals surface area (Å²) in [6.07, 6.45) is 1.09. The highest BCUT2D eigenvalue weighted by Gasteiger charge is 2.04. The Morgan fingerprint density at radius 1 is 1.15 bits per heavy atom. The first kappa shape index (κ1) is 15.7. The lowest BCUT2D eigenvalue weighted by Crippen LogP contribution is -2.16. The molecule has 0 atom stereocenters. The van der Waals surface area contributed by atoms with E-state index in [4.69, 9.17) is 0 Å². The van der Waals surface area contributed by atoms with Crippen molar-refractivity contribution in [3.05, 3.63) is 56.2 Å². The topological polar surface area (TPSA) is 15.3 Å². The molecule has 0 spiro atoms. The fraction of sp³-hybridized carbons (Fsp3) is 0.375. The van der Waals surface area contributed by atoms with E-state index in [9.17, 15) is 0 Å². The van der Waals surface area contributed by atoms with Crippen LogP contribution in [0.3, 0.4) is 0 Å². The fourth-order valence-electron chi connectivity index (χ4n) is 2.15. The van der Waals surface area contributed by atoms with Gasteiger partial charge in [0, 0.05) is 27.8 Å². The normalized spacial score (nSPS) is 11.2. The largest absolute Gasteiger partial charge is 0.319 e. The molecular weight excluding hydrogens is 332 g/mol. The molecule has 4 heteroatoms. The van der Waals surface area contributed by atoms with E-state index < -0.39 is 0 Å². The van der Waals surface area contributed by atoms with Gasteiger partial charge < -0.3 is 5.32 Å². The van der Waals surface area contributed by atoms with Crippen LogP contribution in [0.15, 0.2) is 40.2 Å². The second kappa shape index (κ2) is 7.93. The van der Waals surface area contributed by atoms with Gasteiger partial charge in [0.25, 0.3) is 0 Å². The second-order valence-electron chi connectivity index (χ2n) is 5.07. The molecule has 2 rings (SSSR count). The van der Waals surface area contributed by atoms with Gasteiger partial charge >= 0.3 is 0 Å². The Hall–Kier alpha value is -0.680. The minimum Gasteiger partial charge on any atom is -0.319 e. The highest BCUT2D eigenvalue weighted by molar-refractivity contribution is 9.10. The van der Waals surface area contributed by atoms with Crippen LogP contribution >= 0.6 is 27.3 Å². The summed E-state index contributed by atoms with van der Waals surface area (Å²) in [5.41, 5.74) is 2.77. The van der Waals surface area contributed by atoms with Crippen molar-refractivity contribution in [2.24, 2.45) is 0 Å². The van der Waals surface area contributed by atoms with Gasteiger partial charge in [-0.2, -0.15) is 0 Å². The first-order chi connectivity index (χ1) is 9.67. The van der Waals surface area contributed by atoms with Gasteiger partial charge in [0.15, 0.2) is 0 Å². The maximum atomic E-state index is 3.50. The molecule has 0 aliphatic heterocycles. The van der Waals surface area contributed by atoms with Crippen LogP contribution in [0.2, 0.25) is 0 Å². The van der Waals surface area contributed by atoms with Crippen molar-refractivity contribution in [2.45, 2.75) is 19.5 Å². The van der Waals surface area contributed by atoms with Crippen molar-refractivity contribution >= 4 is 27.3 Å². The molecule has 1 heterocycles. The van der Waals surface area contributed by atoms with Gasteiger partial charge in [-0.25, -0.2) is 0 Å². The number of hydrogen-bond donors (Lipinski definition) is 1. The molecule has 0 aliphatic carbocycles. The van der Waals surface area contributed by atoms with Gasteiger partial charge in [-0.1, -0.05) is 24.3 Å². The number of halogens is 1. The molecule has 1 N–H and O–H groups in total. The molecule has 2 aromatic rings. The molecule has 0 saturated carbocycles. The highest BCUT2D eigenvalue weighted by Crippen LogP contribution is 2.21. The SMILES string of the molecule is CNCCc1ccc(CN(C)Cc2cc(Br)cs2)cc1. The minimum atomic E-state index is 0.988. The fourth-order valence-corrected chi connectivity index (χ4v) is 3.68. The van der Waals surface area contributed by atoms with E-state index in [0.29, 0.717) is 0 Å². The van der Waals surface area contributed by atoms with Crippen molar-refractivity contribution in [1.82, 2.24) is 10.2 Å². The zero-order valence-electron chi connectivity index (χ0n) is 12.0. The summed E-state index contributed by atoms with van der Waals surface area (Å²) < 4.78 is 1.18. The standard InChI is InChI=1S/C16H21BrN2S/c1-18-8-7-13-3-5-14(6-4-13)10-19(2)11-16-9-15(17)12-20-16/h3-6,9,12,18H,7-8,10-11H2,1-2H3. The third-order valence-electron chi connectivity index (χ3n) is 3.19. The van der Waals surface area contributed by atoms with E-state index in [0.717, 1.165) is 26.1 Å². The lowest BCUT2D eigenvalue weighted by Gasteiger charge is -2.16. The molecule has 2 nitrogen and oxygen atoms in total. The molecule has 1 aromatic carbocycles. The molecule has 0 radical (unpaired) electrons. The lowest BCUT2D eigenvalue weighted by molar-refractivity contribution is 0.322. The average Bonchev–Trinajstić information content (AvgIpc) is 2.83. The Labute approximate surface area is 133 Å². The van der Waals surface area contributed by atoms with Gasteiger partial charge in [-0.15, -0.1) is 11.3 Å². The third kappa shape index (κ3) is 5.02. The Bertz CT molecular complexity index is 522. The van der Waals surface area contributed by atoms with E-state index in [1.807, 2.05) is 7.05 Å². The Balaban J connectivity index is 1.85. The van der Waals surface area contributed by atoms with Crippen LogP contribution in [0.1, 0.15) is 16.0 Å². The Kier molecular flexibility index (Phi) is 6.23. The first-order valence-corrected chi connectivity index (χ1v) is 8.48. The van der Waals surface area contributed by atoms with Crippen LogP contribution in [-0.4, -0.2) is 25.5 Å². The lowest BCUT2D eigenvalue weighted by atomic mass is 10.1. The van der Waals surface area contributed by atoms with E-state index >= 15 is 0 Å². The highest BCUT2D eigenvalue weighted by atomic mass is 79.9. The van der Waals surface area contributed by atoms with Gasteiger partial charge in [-0.05, 0) is 60.2 Å². The van der Waals surface area contributed by atoms with Gasteiger partial charge in [0.1, 0.15) is 0 Å². The number of thiophene rings is 1. The summed E-state index contributed by atoms with van der Waals surface area (Å²) in [6.45, 7) is 3.02. The van der Waals surface area contributed by atoms with E-state index in [1.165, 1.54) is 20.5 Å². The predicted molar refractivity (Wildman–Crippen MR) is 91.3 cm³/mol. The summed E-state index contributed by atoms with van der Waals surface area (Å²) in [5, 5.41) is 5.32. The molecule has 0 saturated heterocycles. The molecule has 0 aliphatic rings. The maximum Gasteiger partial charge on any atom is 0.0328 e. The van der Waals surface area contributed by atoms with Crippen molar-refractivity contribution in [2.75, 3.05) is 20.6 Å². The summed E-state index contributed by atoms with van der Waals surface area (Å²) in [4.78, 5) is 3.74. The van der Waals surface area contributed by atoms with Crippen LogP contribution in [-0.2, 0) is 19.5 Å². The van der Waals surface area contributed by atoms with Crippen molar-refractivity contribution < 1.29 is 0 Å². The molecule has 108 valence electrons. The smallest absolute Gasteiger partial charge is 0.0328 e. The maximum absolute atomic E-state index is 3.50. The predicted octanol–water partition coefficient (Wildman–Crippen LogP) is 3.90. The van der Waals surface area contributed by atoms with Gasteiger partial charge in [-0.3, -0.25) is 4.90 Å². The number of hydrogen-bond acceptors (Lipinski definition) is 3. The number of rotatable bonds is 7. The van der Waals surface area contributed by atoms with Crippen molar-refractivity contribution in [3.8, 4) is 0 Å². The first-order valence-electron chi connectivity index (χ1n) is 6.81. The van der Waals surface area contributed by atoms with Crippen LogP contribution in [0.25, 0.3) is 0 Å². The summed E-state index contributed by atoms with van der Waals surface area (Å²) in [5.74, 6) is 0. The second-order valence-corrected chi connectivity index (χ2v) is 6.99. The molecule has 20 heavy (non-hydrogen) atoms. The molecule has 0 unspecified atom stereocenters. The van der Waals surface area contributed by atoms with Gasteiger partial charge in [0.2, 0.25) is 0 Å². The molecule has 0 fully saturated rings. The van der Waals surface area contributed by atoms with E-state index in [1.54, 1.807) is 11.3 Å². The van der Waals surface area contributed by atoms with Crippen LogP contribution in [0, 0.1) is 0 Å². The average molecular weight is 353 g/mol. The van der Waals surface area contributed by atoms with E-state index in [2.05, 4.69) is 68.9 Å². The Morgan fingerprint density at radius 3 is 2.45 bits per heavy atom. The summed E-state index contributed by atoms with van der Waals surface area (Å²) >= 11 is 5.31. The number of nitrogens with one attached hydrogen (secondary N) is 1. The molecule has 0 amide bonds. The minimum absolute atomic E-state index is 0.988. The molecule has 1 aromatic heterocycles. The third-order valence-corrected chi connectivity index (χ3v) is 4.87. The molecule has 0 bridgehead atoms. The Morgan fingerprint density at radius 2 is 1.85 bits per heavy atom. The molecular formula is C16H21BrN2S. The monoisotopic (exact) mass is 352 g/mol. The number of benzene rings is 1. The number of nitrogens with zero attached hydrogens (tertiary/aromatic N) is 1. The van der Waals surface area contributed by atoms with Crippen LogP contribution < -0.4 is 5.32 Å². The summed E-state index contributed by atoms with van der Waals surface area (Å²) in [7, 11) is 4.16. The zero-order chi connectivity index (χ0) is 14.4. The van der Waals surface area contributed by atoms with E-state index in [-0.39, 0.29) is 0 Å². The van der Waals surface area contributed by atoms with Crippen LogP contribution in [0.4, 0.5) is 0 Å². The number of likely N-dealkylation sites (N-methyl/N-ethyl adjacent to an activating group) is 1. The van der Waals surface area contributed by atoms with Crippen molar-refractivity contribution in [3.63, 3.8) is 0 Å². The van der Waals surface area contributed by atoms with Crippen LogP contribution in [0.5, 0.6) is 0 Å². The van der Waals surface area contributed by atoms with Gasteiger partial charge in [0.05, 0.1) is 0 Å². The summed E-state index contributed by atoms with van der Waals surface area (Å²) in [6, 6.07) is 11.2. The van der Waals surface area contributed by atoms with Crippen molar-refractivity contribution in [1.29, 1.82) is 0 Å².